The summed E-state index contributed by atoms with van der Waals surface area (Å²) in [6.45, 7) is 6.63. The minimum Gasteiger partial charge on any atom is -0.496 e. The van der Waals surface area contributed by atoms with Crippen LogP contribution in [0.2, 0.25) is 0 Å². The molecule has 0 spiro atoms. The number of rotatable bonds is 8. The number of anilines is 1. The van der Waals surface area contributed by atoms with Gasteiger partial charge in [-0.05, 0) is 65.8 Å². The quantitative estimate of drug-likeness (QED) is 0.341. The van der Waals surface area contributed by atoms with Gasteiger partial charge in [0.2, 0.25) is 11.8 Å². The van der Waals surface area contributed by atoms with Crippen LogP contribution in [0.5, 0.6) is 5.75 Å². The molecule has 1 heterocycles. The number of methoxy groups -OCH3 is 1. The monoisotopic (exact) mass is 550 g/mol. The lowest BCUT2D eigenvalue weighted by Gasteiger charge is -2.28. The number of aryl methyl sites for hydroxylation is 1. The van der Waals surface area contributed by atoms with E-state index in [1.807, 2.05) is 48.2 Å². The molecule has 2 amide bonds. The van der Waals surface area contributed by atoms with E-state index in [0.717, 1.165) is 57.1 Å². The number of amides is 2. The molecule has 6 heteroatoms. The average Bonchev–Trinajstić information content (AvgIpc) is 2.99. The minimum atomic E-state index is -0.568. The number of carbonyl (C=O) groups is 2. The highest BCUT2D eigenvalue weighted by Crippen LogP contribution is 2.35. The van der Waals surface area contributed by atoms with Crippen LogP contribution in [0, 0.1) is 11.8 Å². The molecule has 0 saturated heterocycles. The molecule has 190 valence electrons. The van der Waals surface area contributed by atoms with Gasteiger partial charge in [-0.25, -0.2) is 0 Å². The number of nitrogens with one attached hydrogen (secondary N) is 1. The molecule has 5 nitrogen and oxygen atoms in total. The maximum Gasteiger partial charge on any atom is 0.249 e. The first-order chi connectivity index (χ1) is 17.3. The van der Waals surface area contributed by atoms with Crippen LogP contribution in [0.1, 0.15) is 51.2 Å². The molecule has 3 aromatic rings. The van der Waals surface area contributed by atoms with Crippen molar-refractivity contribution in [2.45, 2.75) is 59.0 Å². The number of ether oxygens (including phenoxy) is 1. The first-order valence-electron chi connectivity index (χ1n) is 12.7. The van der Waals surface area contributed by atoms with Crippen LogP contribution >= 0.6 is 15.9 Å². The van der Waals surface area contributed by atoms with Gasteiger partial charge in [0.05, 0.1) is 13.7 Å². The van der Waals surface area contributed by atoms with Gasteiger partial charge in [0, 0.05) is 21.6 Å². The molecule has 1 aliphatic heterocycles. The Morgan fingerprint density at radius 2 is 1.89 bits per heavy atom. The van der Waals surface area contributed by atoms with E-state index in [2.05, 4.69) is 53.3 Å². The number of hydrogen-bond donors (Lipinski definition) is 1. The molecule has 0 fully saturated rings. The summed E-state index contributed by atoms with van der Waals surface area (Å²) >= 11 is 3.56. The van der Waals surface area contributed by atoms with Crippen LogP contribution in [0.15, 0.2) is 59.1 Å². The van der Waals surface area contributed by atoms with Crippen LogP contribution < -0.4 is 15.0 Å². The Bertz CT molecular complexity index is 1260. The fourth-order valence-electron chi connectivity index (χ4n) is 4.90. The highest BCUT2D eigenvalue weighted by molar-refractivity contribution is 9.10. The van der Waals surface area contributed by atoms with E-state index in [0.29, 0.717) is 18.9 Å². The molecule has 0 aliphatic carbocycles. The molecule has 0 aromatic heterocycles. The van der Waals surface area contributed by atoms with E-state index in [4.69, 9.17) is 4.74 Å². The Kier molecular flexibility index (Phi) is 8.35. The number of para-hydroxylation sites is 1. The van der Waals surface area contributed by atoms with Gasteiger partial charge in [-0.1, -0.05) is 73.5 Å². The van der Waals surface area contributed by atoms with Gasteiger partial charge < -0.3 is 15.0 Å². The third-order valence-electron chi connectivity index (χ3n) is 7.08. The normalized spacial score (nSPS) is 16.6. The van der Waals surface area contributed by atoms with Crippen LogP contribution in [0.4, 0.5) is 5.69 Å². The maximum atomic E-state index is 14.0. The summed E-state index contributed by atoms with van der Waals surface area (Å²) in [5.74, 6) is 1.02. The molecule has 0 saturated carbocycles. The van der Waals surface area contributed by atoms with Crippen molar-refractivity contribution in [3.63, 3.8) is 0 Å². The molecule has 1 N–H and O–H groups in total. The molecule has 0 unspecified atom stereocenters. The van der Waals surface area contributed by atoms with Crippen molar-refractivity contribution in [3.05, 3.63) is 70.2 Å². The highest BCUT2D eigenvalue weighted by atomic mass is 79.9. The summed E-state index contributed by atoms with van der Waals surface area (Å²) in [6.07, 6.45) is 3.11. The van der Waals surface area contributed by atoms with Gasteiger partial charge in [0.15, 0.2) is 0 Å². The fourth-order valence-corrected chi connectivity index (χ4v) is 5.28. The molecular formula is C30H35BrN2O3. The molecule has 36 heavy (non-hydrogen) atoms. The number of fused-ring (bicyclic) bond motifs is 2. The van der Waals surface area contributed by atoms with Gasteiger partial charge in [-0.2, -0.15) is 0 Å². The lowest BCUT2D eigenvalue weighted by Crippen LogP contribution is -2.49. The second-order valence-corrected chi connectivity index (χ2v) is 11.1. The van der Waals surface area contributed by atoms with E-state index in [9.17, 15) is 9.59 Å². The van der Waals surface area contributed by atoms with E-state index in [1.54, 1.807) is 7.11 Å². The molecule has 0 bridgehead atoms. The van der Waals surface area contributed by atoms with E-state index >= 15 is 0 Å². The fraction of sp³-hybridized carbons (Fsp3) is 0.400. The molecule has 3 aromatic carbocycles. The molecular weight excluding hydrogens is 516 g/mol. The van der Waals surface area contributed by atoms with Crippen LogP contribution in [0.3, 0.4) is 0 Å². The average molecular weight is 552 g/mol. The summed E-state index contributed by atoms with van der Waals surface area (Å²) in [5, 5.41) is 5.19. The van der Waals surface area contributed by atoms with Crippen molar-refractivity contribution < 1.29 is 14.3 Å². The lowest BCUT2D eigenvalue weighted by atomic mass is 9.98. The summed E-state index contributed by atoms with van der Waals surface area (Å²) in [5.41, 5.74) is 2.95. The van der Waals surface area contributed by atoms with Crippen LogP contribution in [-0.2, 0) is 22.6 Å². The van der Waals surface area contributed by atoms with Gasteiger partial charge in [0.1, 0.15) is 11.8 Å². The Balaban J connectivity index is 1.68. The zero-order valence-corrected chi connectivity index (χ0v) is 23.1. The Morgan fingerprint density at radius 3 is 2.64 bits per heavy atom. The number of nitrogens with zero attached hydrogens (tertiary/aromatic N) is 1. The summed E-state index contributed by atoms with van der Waals surface area (Å²) in [4.78, 5) is 28.8. The SMILES string of the molecule is COc1ccc2cc(Br)ccc2c1CN1C(=O)[C@@H](NC(=O)[C@H](C)CCC(C)C)CCc2ccccc21. The molecule has 2 atom stereocenters. The van der Waals surface area contributed by atoms with E-state index in [-0.39, 0.29) is 17.7 Å². The minimum absolute atomic E-state index is 0.0486. The topological polar surface area (TPSA) is 58.6 Å². The second kappa shape index (κ2) is 11.5. The van der Waals surface area contributed by atoms with Crippen molar-refractivity contribution >= 4 is 44.2 Å². The zero-order chi connectivity index (χ0) is 25.8. The van der Waals surface area contributed by atoms with Crippen molar-refractivity contribution in [2.75, 3.05) is 12.0 Å². The smallest absolute Gasteiger partial charge is 0.249 e. The Labute approximate surface area is 222 Å². The van der Waals surface area contributed by atoms with Crippen molar-refractivity contribution in [2.24, 2.45) is 11.8 Å². The van der Waals surface area contributed by atoms with E-state index < -0.39 is 6.04 Å². The molecule has 4 rings (SSSR count). The second-order valence-electron chi connectivity index (χ2n) is 10.1. The number of hydrogen-bond acceptors (Lipinski definition) is 3. The van der Waals surface area contributed by atoms with E-state index in [1.165, 1.54) is 0 Å². The molecule has 0 radical (unpaired) electrons. The van der Waals surface area contributed by atoms with Gasteiger partial charge in [0.25, 0.3) is 0 Å². The summed E-state index contributed by atoms with van der Waals surface area (Å²) in [6, 6.07) is 17.6. The standard InChI is InChI=1S/C30H35BrN2O3/c1-19(2)9-10-20(3)29(34)32-26-15-11-21-7-5-6-8-27(21)33(30(26)35)18-25-24-14-13-23(31)17-22(24)12-16-28(25)36-4/h5-8,12-14,16-17,19-20,26H,9-11,15,18H2,1-4H3,(H,32,34)/t20-,26+/m1/s1. The Morgan fingerprint density at radius 1 is 1.11 bits per heavy atom. The lowest BCUT2D eigenvalue weighted by molar-refractivity contribution is -0.130. The predicted molar refractivity (Wildman–Crippen MR) is 149 cm³/mol. The summed E-state index contributed by atoms with van der Waals surface area (Å²) < 4.78 is 6.73. The maximum absolute atomic E-state index is 14.0. The van der Waals surface area contributed by atoms with Crippen molar-refractivity contribution in [3.8, 4) is 5.75 Å². The largest absolute Gasteiger partial charge is 0.496 e. The Hall–Kier alpha value is -2.86. The van der Waals surface area contributed by atoms with Crippen molar-refractivity contribution in [1.82, 2.24) is 5.32 Å². The zero-order valence-electron chi connectivity index (χ0n) is 21.5. The predicted octanol–water partition coefficient (Wildman–Crippen LogP) is 6.65. The first-order valence-corrected chi connectivity index (χ1v) is 13.5. The third-order valence-corrected chi connectivity index (χ3v) is 7.57. The summed E-state index contributed by atoms with van der Waals surface area (Å²) in [7, 11) is 1.66. The van der Waals surface area contributed by atoms with Crippen LogP contribution in [-0.4, -0.2) is 25.0 Å². The van der Waals surface area contributed by atoms with Gasteiger partial charge in [-0.3, -0.25) is 9.59 Å². The highest BCUT2D eigenvalue weighted by Gasteiger charge is 2.33. The first kappa shape index (κ1) is 26.2. The van der Waals surface area contributed by atoms with Crippen LogP contribution in [0.25, 0.3) is 10.8 Å². The number of carbonyl (C=O) groups excluding carboxylic acids is 2. The van der Waals surface area contributed by atoms with Crippen molar-refractivity contribution in [1.29, 1.82) is 0 Å². The molecule has 1 aliphatic rings. The van der Waals surface area contributed by atoms with Gasteiger partial charge in [-0.15, -0.1) is 0 Å². The van der Waals surface area contributed by atoms with Gasteiger partial charge >= 0.3 is 0 Å². The number of halogens is 1. The third kappa shape index (κ3) is 5.75. The number of benzene rings is 3.